The number of hydrogen-bond acceptors (Lipinski definition) is 3. The van der Waals surface area contributed by atoms with Gasteiger partial charge in [0, 0.05) is 31.9 Å². The standard InChI is InChI=1S/C26H32N4O/c1-19-10-11-20(2)24(16-19)26(23-8-6-5-7-9-23)29-14-12-28(13-15-29)25(31)18-30-22(4)17-21(3)27-30/h5-11,16-17,26H,12-15,18H2,1-4H3. The Bertz CT molecular complexity index is 1050. The zero-order chi connectivity index (χ0) is 22.0. The number of hydrogen-bond donors (Lipinski definition) is 0. The molecule has 1 aromatic heterocycles. The van der Waals surface area contributed by atoms with E-state index in [9.17, 15) is 4.79 Å². The molecule has 162 valence electrons. The Morgan fingerprint density at radius 1 is 0.935 bits per heavy atom. The average molecular weight is 417 g/mol. The Labute approximate surface area is 185 Å². The number of amides is 1. The van der Waals surface area contributed by atoms with Crippen molar-refractivity contribution in [2.45, 2.75) is 40.3 Å². The first-order valence-corrected chi connectivity index (χ1v) is 11.1. The van der Waals surface area contributed by atoms with Gasteiger partial charge in [-0.05, 0) is 50.5 Å². The van der Waals surface area contributed by atoms with E-state index in [1.807, 2.05) is 29.5 Å². The third-order valence-corrected chi connectivity index (χ3v) is 6.27. The molecule has 0 radical (unpaired) electrons. The van der Waals surface area contributed by atoms with Gasteiger partial charge >= 0.3 is 0 Å². The number of piperazine rings is 1. The van der Waals surface area contributed by atoms with E-state index in [1.165, 1.54) is 22.3 Å². The van der Waals surface area contributed by atoms with Gasteiger partial charge in [-0.1, -0.05) is 54.1 Å². The van der Waals surface area contributed by atoms with Gasteiger partial charge in [0.2, 0.25) is 5.91 Å². The highest BCUT2D eigenvalue weighted by Crippen LogP contribution is 2.32. The number of carbonyl (C=O) groups excluding carboxylic acids is 1. The summed E-state index contributed by atoms with van der Waals surface area (Å²) in [5, 5.41) is 4.44. The van der Waals surface area contributed by atoms with Gasteiger partial charge in [-0.3, -0.25) is 14.4 Å². The average Bonchev–Trinajstić information content (AvgIpc) is 3.08. The zero-order valence-corrected chi connectivity index (χ0v) is 19.0. The minimum absolute atomic E-state index is 0.147. The Hall–Kier alpha value is -2.92. The van der Waals surface area contributed by atoms with E-state index in [2.05, 4.69) is 72.4 Å². The Morgan fingerprint density at radius 3 is 2.29 bits per heavy atom. The summed E-state index contributed by atoms with van der Waals surface area (Å²) in [5.74, 6) is 0.147. The van der Waals surface area contributed by atoms with Gasteiger partial charge in [-0.25, -0.2) is 0 Å². The van der Waals surface area contributed by atoms with Gasteiger partial charge in [-0.2, -0.15) is 5.10 Å². The fourth-order valence-electron chi connectivity index (χ4n) is 4.57. The topological polar surface area (TPSA) is 41.4 Å². The van der Waals surface area contributed by atoms with Crippen molar-refractivity contribution in [3.63, 3.8) is 0 Å². The highest BCUT2D eigenvalue weighted by molar-refractivity contribution is 5.76. The summed E-state index contributed by atoms with van der Waals surface area (Å²) >= 11 is 0. The number of benzene rings is 2. The van der Waals surface area contributed by atoms with Gasteiger partial charge in [0.05, 0.1) is 11.7 Å². The van der Waals surface area contributed by atoms with Crippen LogP contribution in [0.25, 0.3) is 0 Å². The van der Waals surface area contributed by atoms with Crippen molar-refractivity contribution in [1.82, 2.24) is 19.6 Å². The molecular formula is C26H32N4O. The van der Waals surface area contributed by atoms with E-state index in [1.54, 1.807) is 0 Å². The van der Waals surface area contributed by atoms with E-state index in [0.717, 1.165) is 37.6 Å². The molecule has 1 saturated heterocycles. The van der Waals surface area contributed by atoms with Crippen LogP contribution >= 0.6 is 0 Å². The van der Waals surface area contributed by atoms with Crippen molar-refractivity contribution in [3.8, 4) is 0 Å². The van der Waals surface area contributed by atoms with Crippen LogP contribution in [0.3, 0.4) is 0 Å². The first kappa shape index (κ1) is 21.3. The molecule has 1 aliphatic heterocycles. The van der Waals surface area contributed by atoms with E-state index in [-0.39, 0.29) is 11.9 Å². The summed E-state index contributed by atoms with van der Waals surface area (Å²) in [6.07, 6.45) is 0. The molecule has 1 unspecified atom stereocenters. The maximum absolute atomic E-state index is 12.9. The van der Waals surface area contributed by atoms with Crippen LogP contribution < -0.4 is 0 Å². The second kappa shape index (κ2) is 9.06. The van der Waals surface area contributed by atoms with Crippen molar-refractivity contribution in [1.29, 1.82) is 0 Å². The second-order valence-corrected chi connectivity index (χ2v) is 8.67. The quantitative estimate of drug-likeness (QED) is 0.630. The molecule has 1 amide bonds. The lowest BCUT2D eigenvalue weighted by molar-refractivity contribution is -0.134. The highest BCUT2D eigenvalue weighted by atomic mass is 16.2. The molecule has 3 aromatic rings. The maximum Gasteiger partial charge on any atom is 0.244 e. The fraction of sp³-hybridized carbons (Fsp3) is 0.385. The number of aryl methyl sites for hydroxylation is 4. The summed E-state index contributed by atoms with van der Waals surface area (Å²) < 4.78 is 1.81. The maximum atomic E-state index is 12.9. The van der Waals surface area contributed by atoms with Crippen LogP contribution in [-0.2, 0) is 11.3 Å². The van der Waals surface area contributed by atoms with Crippen molar-refractivity contribution in [3.05, 3.63) is 88.2 Å². The number of nitrogens with zero attached hydrogens (tertiary/aromatic N) is 4. The zero-order valence-electron chi connectivity index (χ0n) is 19.0. The molecule has 31 heavy (non-hydrogen) atoms. The number of aromatic nitrogens is 2. The van der Waals surface area contributed by atoms with Gasteiger partial charge < -0.3 is 4.90 Å². The van der Waals surface area contributed by atoms with Crippen LogP contribution in [0.4, 0.5) is 0 Å². The molecule has 0 bridgehead atoms. The second-order valence-electron chi connectivity index (χ2n) is 8.67. The predicted molar refractivity (Wildman–Crippen MR) is 124 cm³/mol. The van der Waals surface area contributed by atoms with Gasteiger partial charge in [0.15, 0.2) is 0 Å². The molecular weight excluding hydrogens is 384 g/mol. The smallest absolute Gasteiger partial charge is 0.244 e. The Kier molecular flexibility index (Phi) is 6.23. The molecule has 0 saturated carbocycles. The van der Waals surface area contributed by atoms with Crippen molar-refractivity contribution >= 4 is 5.91 Å². The summed E-state index contributed by atoms with van der Waals surface area (Å²) in [4.78, 5) is 17.4. The van der Waals surface area contributed by atoms with E-state index < -0.39 is 0 Å². The van der Waals surface area contributed by atoms with Crippen LogP contribution in [0.1, 0.15) is 39.7 Å². The van der Waals surface area contributed by atoms with Crippen molar-refractivity contribution < 1.29 is 4.79 Å². The molecule has 0 aliphatic carbocycles. The minimum Gasteiger partial charge on any atom is -0.339 e. The van der Waals surface area contributed by atoms with Gasteiger partial charge in [0.25, 0.3) is 0 Å². The first-order valence-electron chi connectivity index (χ1n) is 11.1. The molecule has 0 spiro atoms. The largest absolute Gasteiger partial charge is 0.339 e. The molecule has 5 heteroatoms. The third-order valence-electron chi connectivity index (χ3n) is 6.27. The fourth-order valence-corrected chi connectivity index (χ4v) is 4.57. The van der Waals surface area contributed by atoms with Crippen LogP contribution in [0, 0.1) is 27.7 Å². The van der Waals surface area contributed by atoms with Crippen molar-refractivity contribution in [2.24, 2.45) is 0 Å². The lowest BCUT2D eigenvalue weighted by atomic mass is 9.92. The lowest BCUT2D eigenvalue weighted by Crippen LogP contribution is -2.50. The van der Waals surface area contributed by atoms with Gasteiger partial charge in [0.1, 0.15) is 6.54 Å². The van der Waals surface area contributed by atoms with E-state index >= 15 is 0 Å². The molecule has 1 aliphatic rings. The Morgan fingerprint density at radius 2 is 1.65 bits per heavy atom. The van der Waals surface area contributed by atoms with Crippen molar-refractivity contribution in [2.75, 3.05) is 26.2 Å². The Balaban J connectivity index is 1.51. The van der Waals surface area contributed by atoms with Crippen LogP contribution in [0.5, 0.6) is 0 Å². The summed E-state index contributed by atoms with van der Waals surface area (Å²) in [6, 6.07) is 19.6. The SMILES string of the molecule is Cc1ccc(C)c(C(c2ccccc2)N2CCN(C(=O)Cn3nc(C)cc3C)CC2)c1. The van der Waals surface area contributed by atoms with Crippen LogP contribution in [0.15, 0.2) is 54.6 Å². The van der Waals surface area contributed by atoms with Gasteiger partial charge in [-0.15, -0.1) is 0 Å². The molecule has 4 rings (SSSR count). The molecule has 2 aromatic carbocycles. The highest BCUT2D eigenvalue weighted by Gasteiger charge is 2.29. The summed E-state index contributed by atoms with van der Waals surface area (Å²) in [6.45, 7) is 11.8. The normalized spacial score (nSPS) is 15.8. The molecule has 0 N–H and O–H groups in total. The number of rotatable bonds is 5. The van der Waals surface area contributed by atoms with Crippen LogP contribution in [0.2, 0.25) is 0 Å². The monoisotopic (exact) mass is 416 g/mol. The summed E-state index contributed by atoms with van der Waals surface area (Å²) in [5.41, 5.74) is 7.23. The van der Waals surface area contributed by atoms with E-state index in [0.29, 0.717) is 6.54 Å². The lowest BCUT2D eigenvalue weighted by Gasteiger charge is -2.40. The molecule has 2 heterocycles. The van der Waals surface area contributed by atoms with E-state index in [4.69, 9.17) is 0 Å². The number of carbonyl (C=O) groups is 1. The molecule has 5 nitrogen and oxygen atoms in total. The predicted octanol–water partition coefficient (Wildman–Crippen LogP) is 4.05. The summed E-state index contributed by atoms with van der Waals surface area (Å²) in [7, 11) is 0. The third kappa shape index (κ3) is 4.72. The molecule has 1 fully saturated rings. The minimum atomic E-state index is 0.147. The first-order chi connectivity index (χ1) is 14.9. The molecule has 1 atom stereocenters. The van der Waals surface area contributed by atoms with Crippen LogP contribution in [-0.4, -0.2) is 51.7 Å².